The number of carbonyl (C=O) groups excluding carboxylic acids is 1. The Balaban J connectivity index is 1.49. The molecule has 152 valence electrons. The smallest absolute Gasteiger partial charge is 0.258 e. The molecule has 0 unspecified atom stereocenters. The molecule has 0 radical (unpaired) electrons. The van der Waals surface area contributed by atoms with Crippen LogP contribution in [-0.4, -0.2) is 15.9 Å². The van der Waals surface area contributed by atoms with Crippen molar-refractivity contribution in [2.24, 2.45) is 0 Å². The van der Waals surface area contributed by atoms with Crippen molar-refractivity contribution >= 4 is 56.2 Å². The standard InChI is InChI=1S/C23H13ClFN3OS2/c24-21-10-9-20(31-21)18-11-16(15-3-1-2-4-17(15)26-18)22(29)28-23-27-19(12-30-23)13-5-7-14(25)8-6-13/h1-12H,(H,27,28,29). The molecule has 5 rings (SSSR count). The highest BCUT2D eigenvalue weighted by atomic mass is 35.5. The number of halogens is 2. The maximum atomic E-state index is 13.2. The SMILES string of the molecule is O=C(Nc1nc(-c2ccc(F)cc2)cs1)c1cc(-c2ccc(Cl)s2)nc2ccccc12. The van der Waals surface area contributed by atoms with Crippen LogP contribution in [0.15, 0.2) is 72.1 Å². The predicted octanol–water partition coefficient (Wildman–Crippen LogP) is 7.13. The van der Waals surface area contributed by atoms with E-state index in [4.69, 9.17) is 11.6 Å². The van der Waals surface area contributed by atoms with Crippen molar-refractivity contribution in [3.05, 3.63) is 87.8 Å². The second-order valence-corrected chi connectivity index (χ2v) is 9.25. The van der Waals surface area contributed by atoms with Gasteiger partial charge in [0.1, 0.15) is 5.82 Å². The van der Waals surface area contributed by atoms with E-state index in [2.05, 4.69) is 15.3 Å². The van der Waals surface area contributed by atoms with Gasteiger partial charge in [0.05, 0.1) is 31.7 Å². The molecule has 0 saturated carbocycles. The van der Waals surface area contributed by atoms with Crippen LogP contribution in [0.1, 0.15) is 10.4 Å². The molecule has 4 nitrogen and oxygen atoms in total. The number of benzene rings is 2. The number of anilines is 1. The number of nitrogens with one attached hydrogen (secondary N) is 1. The summed E-state index contributed by atoms with van der Waals surface area (Å²) < 4.78 is 13.8. The van der Waals surface area contributed by atoms with E-state index in [0.29, 0.717) is 26.4 Å². The molecule has 0 aliphatic carbocycles. The Morgan fingerprint density at radius 3 is 2.55 bits per heavy atom. The molecule has 0 aliphatic rings. The Hall–Kier alpha value is -3.13. The van der Waals surface area contributed by atoms with Gasteiger partial charge in [0.25, 0.3) is 5.91 Å². The van der Waals surface area contributed by atoms with Crippen LogP contribution in [0, 0.1) is 5.82 Å². The van der Waals surface area contributed by atoms with Gasteiger partial charge in [0, 0.05) is 16.3 Å². The number of hydrogen-bond donors (Lipinski definition) is 1. The Morgan fingerprint density at radius 2 is 1.77 bits per heavy atom. The van der Waals surface area contributed by atoms with E-state index in [1.54, 1.807) is 18.2 Å². The minimum absolute atomic E-state index is 0.275. The fraction of sp³-hybridized carbons (Fsp3) is 0. The highest BCUT2D eigenvalue weighted by Gasteiger charge is 2.16. The van der Waals surface area contributed by atoms with Gasteiger partial charge in [-0.05, 0) is 48.5 Å². The number of para-hydroxylation sites is 1. The Kier molecular flexibility index (Phi) is 5.23. The molecule has 3 aromatic heterocycles. The van der Waals surface area contributed by atoms with Crippen molar-refractivity contribution in [3.8, 4) is 21.8 Å². The van der Waals surface area contributed by atoms with Gasteiger partial charge in [-0.3, -0.25) is 10.1 Å². The van der Waals surface area contributed by atoms with Crippen LogP contribution in [0.25, 0.3) is 32.7 Å². The number of aromatic nitrogens is 2. The normalized spacial score (nSPS) is 11.0. The van der Waals surface area contributed by atoms with Crippen LogP contribution in [0.3, 0.4) is 0 Å². The summed E-state index contributed by atoms with van der Waals surface area (Å²) in [5.41, 5.74) is 3.37. The van der Waals surface area contributed by atoms with E-state index >= 15 is 0 Å². The van der Waals surface area contributed by atoms with E-state index < -0.39 is 0 Å². The number of amides is 1. The van der Waals surface area contributed by atoms with Crippen LogP contribution in [0.4, 0.5) is 9.52 Å². The maximum Gasteiger partial charge on any atom is 0.258 e. The van der Waals surface area contributed by atoms with Crippen molar-refractivity contribution in [2.45, 2.75) is 0 Å². The first kappa shape index (κ1) is 19.8. The third-order valence-electron chi connectivity index (χ3n) is 4.65. The Bertz CT molecular complexity index is 1410. The molecule has 0 saturated heterocycles. The average molecular weight is 466 g/mol. The number of nitrogens with zero attached hydrogens (tertiary/aromatic N) is 2. The van der Waals surface area contributed by atoms with Gasteiger partial charge in [0.15, 0.2) is 5.13 Å². The van der Waals surface area contributed by atoms with Crippen LogP contribution < -0.4 is 5.32 Å². The van der Waals surface area contributed by atoms with E-state index in [0.717, 1.165) is 21.3 Å². The highest BCUT2D eigenvalue weighted by Crippen LogP contribution is 2.33. The third-order valence-corrected chi connectivity index (χ3v) is 6.66. The van der Waals surface area contributed by atoms with Crippen molar-refractivity contribution in [1.82, 2.24) is 9.97 Å². The van der Waals surface area contributed by atoms with Crippen LogP contribution in [-0.2, 0) is 0 Å². The molecule has 8 heteroatoms. The van der Waals surface area contributed by atoms with Gasteiger partial charge < -0.3 is 0 Å². The summed E-state index contributed by atoms with van der Waals surface area (Å²) in [5.74, 6) is -0.581. The fourth-order valence-electron chi connectivity index (χ4n) is 3.19. The van der Waals surface area contributed by atoms with Gasteiger partial charge >= 0.3 is 0 Å². The lowest BCUT2D eigenvalue weighted by Gasteiger charge is -2.08. The zero-order valence-electron chi connectivity index (χ0n) is 15.8. The lowest BCUT2D eigenvalue weighted by Crippen LogP contribution is -2.13. The van der Waals surface area contributed by atoms with Gasteiger partial charge in [0.2, 0.25) is 0 Å². The molecule has 0 fully saturated rings. The molecule has 0 spiro atoms. The van der Waals surface area contributed by atoms with Crippen LogP contribution in [0.5, 0.6) is 0 Å². The minimum atomic E-state index is -0.306. The largest absolute Gasteiger partial charge is 0.298 e. The lowest BCUT2D eigenvalue weighted by molar-refractivity contribution is 0.102. The first-order valence-corrected chi connectivity index (χ1v) is 11.3. The molecular formula is C23H13ClFN3OS2. The monoisotopic (exact) mass is 465 g/mol. The van der Waals surface area contributed by atoms with E-state index in [-0.39, 0.29) is 11.7 Å². The topological polar surface area (TPSA) is 54.9 Å². The molecule has 0 bridgehead atoms. The molecule has 1 N–H and O–H groups in total. The molecule has 0 atom stereocenters. The number of fused-ring (bicyclic) bond motifs is 1. The highest BCUT2D eigenvalue weighted by molar-refractivity contribution is 7.19. The molecule has 31 heavy (non-hydrogen) atoms. The summed E-state index contributed by atoms with van der Waals surface area (Å²) >= 11 is 8.81. The maximum absolute atomic E-state index is 13.2. The van der Waals surface area contributed by atoms with Crippen LogP contribution in [0.2, 0.25) is 4.34 Å². The summed E-state index contributed by atoms with van der Waals surface area (Å²) in [4.78, 5) is 23.2. The summed E-state index contributed by atoms with van der Waals surface area (Å²) in [6.45, 7) is 0. The lowest BCUT2D eigenvalue weighted by atomic mass is 10.1. The first-order chi connectivity index (χ1) is 15.1. The van der Waals surface area contributed by atoms with Crippen LogP contribution >= 0.6 is 34.3 Å². The molecule has 0 aliphatic heterocycles. The van der Waals surface area contributed by atoms with Crippen molar-refractivity contribution < 1.29 is 9.18 Å². The summed E-state index contributed by atoms with van der Waals surface area (Å²) in [7, 11) is 0. The van der Waals surface area contributed by atoms with E-state index in [1.165, 1.54) is 34.8 Å². The second kappa shape index (κ2) is 8.19. The Morgan fingerprint density at radius 1 is 0.968 bits per heavy atom. The number of rotatable bonds is 4. The average Bonchev–Trinajstić information content (AvgIpc) is 3.42. The van der Waals surface area contributed by atoms with Gasteiger partial charge in [-0.2, -0.15) is 0 Å². The Labute approximate surface area is 190 Å². The second-order valence-electron chi connectivity index (χ2n) is 6.67. The fourth-order valence-corrected chi connectivity index (χ4v) is 4.91. The van der Waals surface area contributed by atoms with E-state index in [1.807, 2.05) is 41.8 Å². The number of thiazole rings is 1. The van der Waals surface area contributed by atoms with Crippen molar-refractivity contribution in [3.63, 3.8) is 0 Å². The number of thiophene rings is 1. The summed E-state index contributed by atoms with van der Waals surface area (Å²) in [6.07, 6.45) is 0. The summed E-state index contributed by atoms with van der Waals surface area (Å²) in [6, 6.07) is 19.1. The first-order valence-electron chi connectivity index (χ1n) is 9.25. The van der Waals surface area contributed by atoms with Crippen molar-refractivity contribution in [1.29, 1.82) is 0 Å². The van der Waals surface area contributed by atoms with Gasteiger partial charge in [-0.1, -0.05) is 29.8 Å². The molecule has 2 aromatic carbocycles. The molecule has 5 aromatic rings. The molecule has 1 amide bonds. The number of carbonyl (C=O) groups is 1. The van der Waals surface area contributed by atoms with Crippen molar-refractivity contribution in [2.75, 3.05) is 5.32 Å². The van der Waals surface area contributed by atoms with Gasteiger partial charge in [-0.25, -0.2) is 14.4 Å². The van der Waals surface area contributed by atoms with Gasteiger partial charge in [-0.15, -0.1) is 22.7 Å². The molecular weight excluding hydrogens is 453 g/mol. The number of pyridine rings is 1. The third kappa shape index (κ3) is 4.07. The number of hydrogen-bond acceptors (Lipinski definition) is 5. The quantitative estimate of drug-likeness (QED) is 0.307. The zero-order chi connectivity index (χ0) is 21.4. The minimum Gasteiger partial charge on any atom is -0.298 e. The predicted molar refractivity (Wildman–Crippen MR) is 126 cm³/mol. The summed E-state index contributed by atoms with van der Waals surface area (Å²) in [5, 5.41) is 5.92. The zero-order valence-corrected chi connectivity index (χ0v) is 18.2. The van der Waals surface area contributed by atoms with E-state index in [9.17, 15) is 9.18 Å². The molecule has 3 heterocycles.